The summed E-state index contributed by atoms with van der Waals surface area (Å²) < 4.78 is 2.47. The van der Waals surface area contributed by atoms with Crippen molar-refractivity contribution in [3.63, 3.8) is 0 Å². The molecule has 0 spiro atoms. The lowest BCUT2D eigenvalue weighted by molar-refractivity contribution is -0.122. The van der Waals surface area contributed by atoms with Gasteiger partial charge in [0.05, 0.1) is 10.9 Å². The van der Waals surface area contributed by atoms with Crippen LogP contribution in [0.1, 0.15) is 51.4 Å². The predicted octanol–water partition coefficient (Wildman–Crippen LogP) is 4.07. The molecule has 1 aliphatic carbocycles. The molecular weight excluding hydrogens is 480 g/mol. The highest BCUT2D eigenvalue weighted by Crippen LogP contribution is 2.18. The third-order valence-corrected chi connectivity index (χ3v) is 6.78. The lowest BCUT2D eigenvalue weighted by Crippen LogP contribution is -2.41. The molecule has 1 saturated carbocycles. The van der Waals surface area contributed by atoms with Crippen LogP contribution in [-0.2, 0) is 22.7 Å². The Bertz CT molecular complexity index is 1360. The Hall–Kier alpha value is -3.39. The third kappa shape index (κ3) is 6.43. The van der Waals surface area contributed by atoms with Gasteiger partial charge in [-0.1, -0.05) is 49.1 Å². The molecule has 0 atom stereocenters. The van der Waals surface area contributed by atoms with Crippen LogP contribution in [0, 0.1) is 0 Å². The first-order valence-corrected chi connectivity index (χ1v) is 12.9. The Kier molecular flexibility index (Phi) is 8.59. The summed E-state index contributed by atoms with van der Waals surface area (Å²) in [5, 5.41) is 6.68. The second kappa shape index (κ2) is 12.0. The van der Waals surface area contributed by atoms with Gasteiger partial charge in [0.25, 0.3) is 5.56 Å². The van der Waals surface area contributed by atoms with Gasteiger partial charge in [0.15, 0.2) is 0 Å². The smallest absolute Gasteiger partial charge is 0.331 e. The van der Waals surface area contributed by atoms with Gasteiger partial charge < -0.3 is 10.6 Å². The number of rotatable bonds is 9. The number of para-hydroxylation sites is 1. The number of aromatic nitrogens is 2. The largest absolute Gasteiger partial charge is 0.353 e. The number of amides is 2. The number of carbonyl (C=O) groups excluding carboxylic acids is 2. The van der Waals surface area contributed by atoms with Crippen molar-refractivity contribution in [2.45, 2.75) is 70.5 Å². The van der Waals surface area contributed by atoms with Crippen LogP contribution in [0.5, 0.6) is 0 Å². The molecule has 190 valence electrons. The highest BCUT2D eigenvalue weighted by atomic mass is 35.5. The minimum atomic E-state index is -0.549. The fourth-order valence-electron chi connectivity index (χ4n) is 4.73. The van der Waals surface area contributed by atoms with E-state index in [9.17, 15) is 19.2 Å². The average molecular weight is 511 g/mol. The van der Waals surface area contributed by atoms with Crippen LogP contribution in [0.15, 0.2) is 58.1 Å². The van der Waals surface area contributed by atoms with E-state index in [1.165, 1.54) is 11.0 Å². The molecule has 0 bridgehead atoms. The number of unbranched alkanes of at least 4 members (excludes halogenated alkanes) is 1. The number of nitrogens with one attached hydrogen (secondary N) is 2. The van der Waals surface area contributed by atoms with Crippen molar-refractivity contribution in [3.8, 4) is 0 Å². The Morgan fingerprint density at radius 1 is 0.917 bits per heavy atom. The predicted molar refractivity (Wildman–Crippen MR) is 141 cm³/mol. The van der Waals surface area contributed by atoms with Crippen LogP contribution in [-0.4, -0.2) is 27.0 Å². The van der Waals surface area contributed by atoms with Crippen LogP contribution in [0.4, 0.5) is 5.69 Å². The Morgan fingerprint density at radius 3 is 2.47 bits per heavy atom. The first kappa shape index (κ1) is 25.7. The topological polar surface area (TPSA) is 102 Å². The maximum atomic E-state index is 13.3. The Morgan fingerprint density at radius 2 is 1.69 bits per heavy atom. The molecule has 1 aromatic heterocycles. The molecular formula is C27H31ClN4O4. The van der Waals surface area contributed by atoms with Gasteiger partial charge in [-0.25, -0.2) is 4.79 Å². The van der Waals surface area contributed by atoms with E-state index in [2.05, 4.69) is 10.6 Å². The molecule has 2 N–H and O–H groups in total. The highest BCUT2D eigenvalue weighted by Gasteiger charge is 2.17. The second-order valence-electron chi connectivity index (χ2n) is 9.26. The molecule has 4 rings (SSSR count). The number of fused-ring (bicyclic) bond motifs is 1. The first-order valence-electron chi connectivity index (χ1n) is 12.5. The van der Waals surface area contributed by atoms with Crippen molar-refractivity contribution in [2.75, 3.05) is 5.32 Å². The monoisotopic (exact) mass is 510 g/mol. The number of hydrogen-bond acceptors (Lipinski definition) is 4. The van der Waals surface area contributed by atoms with Crippen LogP contribution in [0.3, 0.4) is 0 Å². The fraction of sp³-hybridized carbons (Fsp3) is 0.407. The van der Waals surface area contributed by atoms with Gasteiger partial charge in [-0.2, -0.15) is 0 Å². The number of hydrogen-bond donors (Lipinski definition) is 2. The van der Waals surface area contributed by atoms with E-state index in [-0.39, 0.29) is 25.0 Å². The molecule has 0 radical (unpaired) electrons. The normalized spacial score (nSPS) is 14.0. The molecule has 2 amide bonds. The summed E-state index contributed by atoms with van der Waals surface area (Å²) in [6.45, 7) is -0.0783. The van der Waals surface area contributed by atoms with E-state index in [1.807, 2.05) is 0 Å². The van der Waals surface area contributed by atoms with Gasteiger partial charge in [0.1, 0.15) is 6.54 Å². The van der Waals surface area contributed by atoms with Crippen LogP contribution in [0.25, 0.3) is 10.9 Å². The maximum absolute atomic E-state index is 13.3. The molecule has 36 heavy (non-hydrogen) atoms. The zero-order valence-electron chi connectivity index (χ0n) is 20.2. The summed E-state index contributed by atoms with van der Waals surface area (Å²) in [6, 6.07) is 13.8. The van der Waals surface area contributed by atoms with Crippen molar-refractivity contribution >= 4 is 40.0 Å². The molecule has 1 heterocycles. The van der Waals surface area contributed by atoms with E-state index in [0.29, 0.717) is 40.9 Å². The molecule has 3 aromatic rings. The maximum Gasteiger partial charge on any atom is 0.331 e. The molecule has 8 nitrogen and oxygen atoms in total. The number of benzene rings is 2. The lowest BCUT2D eigenvalue weighted by atomic mass is 9.95. The number of carbonyl (C=O) groups is 2. The van der Waals surface area contributed by atoms with Crippen LogP contribution in [0.2, 0.25) is 5.02 Å². The summed E-state index contributed by atoms with van der Waals surface area (Å²) in [4.78, 5) is 51.4. The van der Waals surface area contributed by atoms with E-state index in [0.717, 1.165) is 30.3 Å². The van der Waals surface area contributed by atoms with Gasteiger partial charge in [0.2, 0.25) is 11.8 Å². The van der Waals surface area contributed by atoms with E-state index < -0.39 is 17.2 Å². The van der Waals surface area contributed by atoms with Crippen molar-refractivity contribution in [2.24, 2.45) is 0 Å². The lowest BCUT2D eigenvalue weighted by Gasteiger charge is -2.22. The first-order chi connectivity index (χ1) is 17.4. The SMILES string of the molecule is O=C(Cn1c(=O)n(CCCCC(=O)NC2CCCCC2)c(=O)c2ccccc21)Nc1cccc(Cl)c1. The molecule has 0 saturated heterocycles. The summed E-state index contributed by atoms with van der Waals surface area (Å²) >= 11 is 5.99. The molecule has 1 aliphatic rings. The second-order valence-corrected chi connectivity index (χ2v) is 9.70. The van der Waals surface area contributed by atoms with Crippen LogP contribution < -0.4 is 21.9 Å². The summed E-state index contributed by atoms with van der Waals surface area (Å²) in [5.41, 5.74) is -0.0260. The van der Waals surface area contributed by atoms with Crippen molar-refractivity contribution in [3.05, 3.63) is 74.4 Å². The number of nitrogens with zero attached hydrogens (tertiary/aromatic N) is 2. The summed E-state index contributed by atoms with van der Waals surface area (Å²) in [7, 11) is 0. The molecule has 0 unspecified atom stereocenters. The van der Waals surface area contributed by atoms with Gasteiger partial charge in [-0.05, 0) is 56.0 Å². The third-order valence-electron chi connectivity index (χ3n) is 6.55. The summed E-state index contributed by atoms with van der Waals surface area (Å²) in [6.07, 6.45) is 7.01. The average Bonchev–Trinajstić information content (AvgIpc) is 2.86. The van der Waals surface area contributed by atoms with Crippen molar-refractivity contribution < 1.29 is 9.59 Å². The zero-order valence-corrected chi connectivity index (χ0v) is 20.9. The van der Waals surface area contributed by atoms with E-state index >= 15 is 0 Å². The molecule has 0 aliphatic heterocycles. The highest BCUT2D eigenvalue weighted by molar-refractivity contribution is 6.30. The zero-order chi connectivity index (χ0) is 25.5. The van der Waals surface area contributed by atoms with E-state index in [1.54, 1.807) is 48.5 Å². The fourth-order valence-corrected chi connectivity index (χ4v) is 4.92. The van der Waals surface area contributed by atoms with Crippen LogP contribution >= 0.6 is 11.6 Å². The quantitative estimate of drug-likeness (QED) is 0.423. The summed E-state index contributed by atoms with van der Waals surface area (Å²) in [5.74, 6) is -0.392. The van der Waals surface area contributed by atoms with Gasteiger partial charge >= 0.3 is 5.69 Å². The number of halogens is 1. The molecule has 9 heteroatoms. The van der Waals surface area contributed by atoms with Gasteiger partial charge in [-0.3, -0.25) is 23.5 Å². The minimum absolute atomic E-state index is 0.0165. The molecule has 1 fully saturated rings. The van der Waals surface area contributed by atoms with E-state index in [4.69, 9.17) is 11.6 Å². The number of anilines is 1. The Balaban J connectivity index is 1.45. The van der Waals surface area contributed by atoms with Crippen molar-refractivity contribution in [1.29, 1.82) is 0 Å². The molecule has 2 aromatic carbocycles. The van der Waals surface area contributed by atoms with Gasteiger partial charge in [-0.15, -0.1) is 0 Å². The standard InChI is InChI=1S/C27H31ClN4O4/c28-19-9-8-12-21(17-19)30-25(34)18-32-23-14-5-4-13-22(23)26(35)31(27(32)36)16-7-6-15-24(33)29-20-10-2-1-3-11-20/h4-5,8-9,12-14,17,20H,1-3,6-7,10-11,15-16,18H2,(H,29,33)(H,30,34). The van der Waals surface area contributed by atoms with Crippen molar-refractivity contribution in [1.82, 2.24) is 14.5 Å². The minimum Gasteiger partial charge on any atom is -0.353 e. The Labute approximate surface area is 214 Å². The van der Waals surface area contributed by atoms with Gasteiger partial charge in [0, 0.05) is 29.7 Å².